The quantitative estimate of drug-likeness (QED) is 0.331. The first-order valence-electron chi connectivity index (χ1n) is 16.2. The van der Waals surface area contributed by atoms with E-state index < -0.39 is 12.0 Å². The molecule has 0 spiro atoms. The van der Waals surface area contributed by atoms with Gasteiger partial charge >= 0.3 is 6.01 Å². The van der Waals surface area contributed by atoms with Crippen molar-refractivity contribution in [3.05, 3.63) is 34.4 Å². The molecule has 4 atom stereocenters. The number of nitrogen functional groups attached to an aromatic ring is 1. The molecule has 5 aliphatic heterocycles. The molecule has 5 saturated heterocycles. The summed E-state index contributed by atoms with van der Waals surface area (Å²) in [6.07, 6.45) is 5.02. The third-order valence-electron chi connectivity index (χ3n) is 10.0. The number of nitrogens with two attached hydrogens (primary N) is 1. The molecule has 11 nitrogen and oxygen atoms in total. The van der Waals surface area contributed by atoms with Crippen LogP contribution in [-0.4, -0.2) is 95.2 Å². The van der Waals surface area contributed by atoms with Crippen molar-refractivity contribution >= 4 is 43.4 Å². The van der Waals surface area contributed by atoms with Crippen LogP contribution in [-0.2, 0) is 11.3 Å². The number of fused-ring (bicyclic) bond motifs is 5. The molecule has 4 unspecified atom stereocenters. The zero-order valence-corrected chi connectivity index (χ0v) is 26.6. The molecule has 8 heterocycles. The first-order chi connectivity index (χ1) is 22.3. The lowest BCUT2D eigenvalue weighted by atomic mass is 10.0. The number of halogens is 2. The maximum absolute atomic E-state index is 14.6. The van der Waals surface area contributed by atoms with E-state index in [0.717, 1.165) is 50.2 Å². The lowest BCUT2D eigenvalue weighted by Gasteiger charge is -2.34. The second-order valence-corrected chi connectivity index (χ2v) is 14.2. The van der Waals surface area contributed by atoms with Gasteiger partial charge in [-0.05, 0) is 56.8 Å². The molecular weight excluding hydrogens is 614 g/mol. The van der Waals surface area contributed by atoms with Gasteiger partial charge in [-0.3, -0.25) is 9.69 Å². The molecule has 0 radical (unpaired) electrons. The van der Waals surface area contributed by atoms with Gasteiger partial charge in [-0.15, -0.1) is 0 Å². The van der Waals surface area contributed by atoms with E-state index in [4.69, 9.17) is 15.2 Å². The van der Waals surface area contributed by atoms with Crippen molar-refractivity contribution in [3.63, 3.8) is 0 Å². The average Bonchev–Trinajstić information content (AvgIpc) is 3.79. The largest absolute Gasteiger partial charge is 0.467 e. The zero-order chi connectivity index (χ0) is 31.5. The zero-order valence-electron chi connectivity index (χ0n) is 25.8. The van der Waals surface area contributed by atoms with Crippen molar-refractivity contribution in [2.75, 3.05) is 57.1 Å². The maximum Gasteiger partial charge on any atom is 0.318 e. The van der Waals surface area contributed by atoms with E-state index in [9.17, 15) is 13.6 Å². The Kier molecular flexibility index (Phi) is 7.78. The van der Waals surface area contributed by atoms with Gasteiger partial charge in [0.15, 0.2) is 5.13 Å². The number of hydrogen-bond acceptors (Lipinski definition) is 11. The number of piperazine rings is 1. The predicted molar refractivity (Wildman–Crippen MR) is 174 cm³/mol. The minimum Gasteiger partial charge on any atom is -0.467 e. The number of alkyl halides is 1. The van der Waals surface area contributed by atoms with Gasteiger partial charge in [0.1, 0.15) is 23.2 Å². The fourth-order valence-corrected chi connectivity index (χ4v) is 8.54. The van der Waals surface area contributed by atoms with E-state index in [1.54, 1.807) is 10.6 Å². The molecule has 0 saturated carbocycles. The van der Waals surface area contributed by atoms with E-state index in [2.05, 4.69) is 30.1 Å². The summed E-state index contributed by atoms with van der Waals surface area (Å²) in [5.74, 6) is 0.398. The standard InChI is InChI=1S/C25H26FN7O3S.C7H12FN/c1-35-25-29-17-6-18(15-4-5-16(26)21-20(15)30-24(27)37-21)33(7-12-10-36-11-12)23(34)19(17)22(31-25)32-8-13-2-3-14(9-32)28-13;8-6-4-7-2-1-3-9(7)5-6/h4-6,12-14,28H,2-3,7-11H2,1H3,(H2,27,30);6-7H,1-5H2. The Morgan fingerprint density at radius 3 is 2.65 bits per heavy atom. The molecule has 4 aromatic rings. The van der Waals surface area contributed by atoms with Crippen LogP contribution < -0.4 is 26.2 Å². The molecule has 46 heavy (non-hydrogen) atoms. The minimum atomic E-state index is -0.518. The molecule has 14 heteroatoms. The Balaban J connectivity index is 0.000000297. The molecule has 244 valence electrons. The highest BCUT2D eigenvalue weighted by Gasteiger charge is 2.36. The van der Waals surface area contributed by atoms with Crippen LogP contribution in [0.1, 0.15) is 32.1 Å². The van der Waals surface area contributed by atoms with Gasteiger partial charge in [0.05, 0.1) is 41.8 Å². The highest BCUT2D eigenvalue weighted by Crippen LogP contribution is 2.37. The minimum absolute atomic E-state index is 0.191. The van der Waals surface area contributed by atoms with Crippen molar-refractivity contribution in [2.24, 2.45) is 5.92 Å². The topological polar surface area (TPSA) is 124 Å². The summed E-state index contributed by atoms with van der Waals surface area (Å²) in [6, 6.07) is 6.45. The summed E-state index contributed by atoms with van der Waals surface area (Å²) in [6.45, 7) is 5.01. The van der Waals surface area contributed by atoms with Crippen LogP contribution in [0.5, 0.6) is 6.01 Å². The number of nitrogens with zero attached hydrogens (tertiary/aromatic N) is 6. The van der Waals surface area contributed by atoms with Crippen LogP contribution in [0.4, 0.5) is 19.7 Å². The molecule has 1 aromatic carbocycles. The number of thiazole rings is 1. The van der Waals surface area contributed by atoms with Crippen LogP contribution in [0.25, 0.3) is 32.4 Å². The number of aromatic nitrogens is 4. The third-order valence-corrected chi connectivity index (χ3v) is 10.9. The first-order valence-corrected chi connectivity index (χ1v) is 17.0. The number of methoxy groups -OCH3 is 1. The summed E-state index contributed by atoms with van der Waals surface area (Å²) < 4.78 is 40.2. The molecule has 5 aliphatic rings. The van der Waals surface area contributed by atoms with Crippen molar-refractivity contribution in [2.45, 2.75) is 62.9 Å². The molecule has 5 fully saturated rings. The average molecular weight is 653 g/mol. The van der Waals surface area contributed by atoms with Crippen molar-refractivity contribution in [1.82, 2.24) is 29.7 Å². The summed E-state index contributed by atoms with van der Waals surface area (Å²) >= 11 is 1.09. The second kappa shape index (κ2) is 12.0. The highest BCUT2D eigenvalue weighted by atomic mass is 32.1. The van der Waals surface area contributed by atoms with E-state index in [-0.39, 0.29) is 22.6 Å². The van der Waals surface area contributed by atoms with Crippen LogP contribution in [0.3, 0.4) is 0 Å². The van der Waals surface area contributed by atoms with E-state index in [1.807, 2.05) is 6.07 Å². The van der Waals surface area contributed by atoms with Crippen LogP contribution >= 0.6 is 11.3 Å². The van der Waals surface area contributed by atoms with E-state index >= 15 is 0 Å². The second-order valence-electron chi connectivity index (χ2n) is 13.1. The molecule has 9 rings (SSSR count). The molecule has 0 aliphatic carbocycles. The highest BCUT2D eigenvalue weighted by molar-refractivity contribution is 7.22. The Labute approximate surface area is 268 Å². The Morgan fingerprint density at radius 1 is 1.13 bits per heavy atom. The number of rotatable bonds is 5. The Hall–Kier alpha value is -3.46. The number of anilines is 2. The third kappa shape index (κ3) is 5.38. The normalized spacial score (nSPS) is 25.9. The van der Waals surface area contributed by atoms with Crippen LogP contribution in [0, 0.1) is 11.7 Å². The monoisotopic (exact) mass is 652 g/mol. The number of ether oxygens (including phenoxy) is 2. The van der Waals surface area contributed by atoms with Crippen molar-refractivity contribution in [1.29, 1.82) is 0 Å². The molecule has 3 N–H and O–H groups in total. The smallest absolute Gasteiger partial charge is 0.318 e. The van der Waals surface area contributed by atoms with Crippen LogP contribution in [0.15, 0.2) is 23.0 Å². The predicted octanol–water partition coefficient (Wildman–Crippen LogP) is 3.58. The van der Waals surface area contributed by atoms with Gasteiger partial charge < -0.3 is 30.0 Å². The number of benzene rings is 1. The van der Waals surface area contributed by atoms with Gasteiger partial charge in [-0.25, -0.2) is 13.8 Å². The molecule has 0 amide bonds. The summed E-state index contributed by atoms with van der Waals surface area (Å²) in [5.41, 5.74) is 7.90. The Morgan fingerprint density at radius 2 is 1.93 bits per heavy atom. The first kappa shape index (κ1) is 29.9. The fourth-order valence-electron chi connectivity index (χ4n) is 7.77. The summed E-state index contributed by atoms with van der Waals surface area (Å²) in [4.78, 5) is 32.4. The number of nitrogens with one attached hydrogen (secondary N) is 1. The molecular formula is C32H38F2N8O3S. The molecule has 2 bridgehead atoms. The summed E-state index contributed by atoms with van der Waals surface area (Å²) in [7, 11) is 1.52. The van der Waals surface area contributed by atoms with E-state index in [0.29, 0.717) is 82.6 Å². The van der Waals surface area contributed by atoms with E-state index in [1.165, 1.54) is 26.0 Å². The maximum atomic E-state index is 14.6. The fraction of sp³-hybridized carbons (Fsp3) is 0.562. The van der Waals surface area contributed by atoms with Gasteiger partial charge in [-0.2, -0.15) is 9.97 Å². The number of hydrogen-bond donors (Lipinski definition) is 2. The van der Waals surface area contributed by atoms with Gasteiger partial charge in [-0.1, -0.05) is 11.3 Å². The van der Waals surface area contributed by atoms with Crippen molar-refractivity contribution < 1.29 is 18.3 Å². The Bertz CT molecular complexity index is 1820. The molecule has 3 aromatic heterocycles. The van der Waals surface area contributed by atoms with Crippen LogP contribution in [0.2, 0.25) is 0 Å². The van der Waals surface area contributed by atoms with Gasteiger partial charge in [0.2, 0.25) is 0 Å². The van der Waals surface area contributed by atoms with Gasteiger partial charge in [0, 0.05) is 55.8 Å². The van der Waals surface area contributed by atoms with Gasteiger partial charge in [0.25, 0.3) is 5.56 Å². The lowest BCUT2D eigenvalue weighted by molar-refractivity contribution is -0.0395. The summed E-state index contributed by atoms with van der Waals surface area (Å²) in [5, 5.41) is 4.35. The van der Waals surface area contributed by atoms with Crippen molar-refractivity contribution in [3.8, 4) is 17.3 Å². The number of pyridine rings is 1. The SMILES string of the molecule is COc1nc(N2CC3CCC(C2)N3)c2c(=O)n(CC3COC3)c(-c3ccc(F)c4sc(N)nc34)cc2n1.FC1CC2CCCN2C1. The lowest BCUT2D eigenvalue weighted by Crippen LogP contribution is -2.51.